The Labute approximate surface area is 147 Å². The second kappa shape index (κ2) is 6.37. The number of ether oxygens (including phenoxy) is 1. The van der Waals surface area contributed by atoms with Gasteiger partial charge in [0.05, 0.1) is 17.8 Å². The summed E-state index contributed by atoms with van der Waals surface area (Å²) in [6.07, 6.45) is -2.56. The van der Waals surface area contributed by atoms with E-state index in [4.69, 9.17) is 4.74 Å². The van der Waals surface area contributed by atoms with Gasteiger partial charge in [-0.3, -0.25) is 9.78 Å². The molecule has 2 bridgehead atoms. The molecule has 1 amide bonds. The number of rotatable bonds is 3. The van der Waals surface area contributed by atoms with Crippen LogP contribution in [0, 0.1) is 0 Å². The third-order valence-corrected chi connectivity index (χ3v) is 4.65. The minimum Gasteiger partial charge on any atom is -0.367 e. The van der Waals surface area contributed by atoms with Gasteiger partial charge in [0.2, 0.25) is 0 Å². The molecule has 26 heavy (non-hydrogen) atoms. The minimum atomic E-state index is -4.48. The summed E-state index contributed by atoms with van der Waals surface area (Å²) in [5.41, 5.74) is 0.590. The van der Waals surface area contributed by atoms with Gasteiger partial charge >= 0.3 is 6.18 Å². The van der Waals surface area contributed by atoms with Crippen LogP contribution < -0.4 is 10.6 Å². The summed E-state index contributed by atoms with van der Waals surface area (Å²) >= 11 is 0. The largest absolute Gasteiger partial charge is 0.417 e. The Morgan fingerprint density at radius 3 is 2.50 bits per heavy atom. The van der Waals surface area contributed by atoms with Crippen LogP contribution in [-0.4, -0.2) is 29.6 Å². The van der Waals surface area contributed by atoms with Crippen molar-refractivity contribution in [2.45, 2.75) is 30.8 Å². The monoisotopic (exact) mass is 363 g/mol. The number of nitrogens with zero attached hydrogens (tertiary/aromatic N) is 1. The average Bonchev–Trinajstić information content (AvgIpc) is 3.25. The van der Waals surface area contributed by atoms with Crippen LogP contribution in [-0.2, 0) is 10.9 Å². The van der Waals surface area contributed by atoms with Crippen molar-refractivity contribution in [3.8, 4) is 0 Å². The van der Waals surface area contributed by atoms with E-state index in [0.717, 1.165) is 30.7 Å². The lowest BCUT2D eigenvalue weighted by molar-refractivity contribution is -0.137. The average molecular weight is 363 g/mol. The number of carbonyl (C=O) groups is 1. The van der Waals surface area contributed by atoms with E-state index in [1.54, 1.807) is 12.1 Å². The van der Waals surface area contributed by atoms with Crippen molar-refractivity contribution >= 4 is 11.6 Å². The van der Waals surface area contributed by atoms with E-state index in [1.165, 1.54) is 0 Å². The predicted molar refractivity (Wildman–Crippen MR) is 87.7 cm³/mol. The first kappa shape index (κ1) is 17.0. The Bertz CT molecular complexity index is 806. The van der Waals surface area contributed by atoms with Gasteiger partial charge in [0, 0.05) is 24.5 Å². The highest BCUT2D eigenvalue weighted by Gasteiger charge is 2.41. The minimum absolute atomic E-state index is 0.00933. The van der Waals surface area contributed by atoms with Gasteiger partial charge in [0.15, 0.2) is 0 Å². The van der Waals surface area contributed by atoms with E-state index in [9.17, 15) is 18.0 Å². The van der Waals surface area contributed by atoms with Gasteiger partial charge in [-0.15, -0.1) is 0 Å². The van der Waals surface area contributed by atoms with Gasteiger partial charge in [-0.25, -0.2) is 0 Å². The highest BCUT2D eigenvalue weighted by atomic mass is 19.4. The molecule has 3 heterocycles. The van der Waals surface area contributed by atoms with Crippen LogP contribution in [0.2, 0.25) is 0 Å². The van der Waals surface area contributed by atoms with Gasteiger partial charge in [0.25, 0.3) is 5.91 Å². The predicted octanol–water partition coefficient (Wildman–Crippen LogP) is 3.15. The first-order chi connectivity index (χ1) is 12.4. The molecule has 2 N–H and O–H groups in total. The van der Waals surface area contributed by atoms with Crippen molar-refractivity contribution in [1.29, 1.82) is 0 Å². The van der Waals surface area contributed by atoms with Crippen molar-refractivity contribution in [1.82, 2.24) is 10.3 Å². The first-order valence-electron chi connectivity index (χ1n) is 8.23. The van der Waals surface area contributed by atoms with Crippen molar-refractivity contribution in [2.24, 2.45) is 0 Å². The summed E-state index contributed by atoms with van der Waals surface area (Å²) in [5.74, 6) is -0.565. The molecular formula is C18H16F3N3O2. The number of nitrogens with one attached hydrogen (secondary N) is 2. The Morgan fingerprint density at radius 2 is 1.96 bits per heavy atom. The Kier molecular flexibility index (Phi) is 4.16. The molecule has 0 saturated carbocycles. The molecule has 2 aliphatic heterocycles. The van der Waals surface area contributed by atoms with E-state index in [1.807, 2.05) is 12.1 Å². The lowest BCUT2D eigenvalue weighted by atomic mass is 10.0. The Morgan fingerprint density at radius 1 is 1.19 bits per heavy atom. The summed E-state index contributed by atoms with van der Waals surface area (Å²) in [6.45, 7) is 0.884. The van der Waals surface area contributed by atoms with Crippen LogP contribution in [0.3, 0.4) is 0 Å². The van der Waals surface area contributed by atoms with Crippen LogP contribution in [0.5, 0.6) is 0 Å². The number of hydrogen-bond donors (Lipinski definition) is 2. The fraction of sp³-hybridized carbons (Fsp3) is 0.333. The number of halogens is 3. The normalized spacial score (nSPS) is 24.7. The topological polar surface area (TPSA) is 63.2 Å². The summed E-state index contributed by atoms with van der Waals surface area (Å²) in [5, 5.41) is 6.03. The highest BCUT2D eigenvalue weighted by Crippen LogP contribution is 2.37. The number of benzene rings is 1. The molecule has 8 heteroatoms. The third-order valence-electron chi connectivity index (χ3n) is 4.65. The van der Waals surface area contributed by atoms with Crippen molar-refractivity contribution < 1.29 is 22.7 Å². The van der Waals surface area contributed by atoms with E-state index in [0.29, 0.717) is 17.9 Å². The Balaban J connectivity index is 1.41. The smallest absolute Gasteiger partial charge is 0.367 e. The maximum atomic E-state index is 12.5. The molecule has 3 atom stereocenters. The molecule has 2 fully saturated rings. The van der Waals surface area contributed by atoms with Crippen LogP contribution in [0.4, 0.5) is 18.9 Å². The molecule has 2 saturated heterocycles. The van der Waals surface area contributed by atoms with Crippen LogP contribution in [0.1, 0.15) is 34.1 Å². The lowest BCUT2D eigenvalue weighted by Crippen LogP contribution is -2.33. The number of morpholine rings is 1. The third kappa shape index (κ3) is 3.30. The molecule has 1 aromatic carbocycles. The number of hydrogen-bond acceptors (Lipinski definition) is 4. The molecule has 2 aromatic rings. The number of aromatic nitrogens is 1. The van der Waals surface area contributed by atoms with E-state index in [-0.39, 0.29) is 17.9 Å². The summed E-state index contributed by atoms with van der Waals surface area (Å²) in [6, 6.07) is 9.45. The molecule has 0 radical (unpaired) electrons. The fourth-order valence-electron chi connectivity index (χ4n) is 3.33. The lowest BCUT2D eigenvalue weighted by Gasteiger charge is -2.23. The van der Waals surface area contributed by atoms with E-state index >= 15 is 0 Å². The molecule has 0 spiro atoms. The summed E-state index contributed by atoms with van der Waals surface area (Å²) in [4.78, 5) is 15.7. The molecule has 5 nitrogen and oxygen atoms in total. The van der Waals surface area contributed by atoms with Crippen LogP contribution in [0.15, 0.2) is 42.6 Å². The number of carbonyl (C=O) groups excluding carboxylic acids is 1. The molecule has 0 aliphatic carbocycles. The second-order valence-corrected chi connectivity index (χ2v) is 6.44. The second-order valence-electron chi connectivity index (χ2n) is 6.44. The van der Waals surface area contributed by atoms with Crippen LogP contribution in [0.25, 0.3) is 0 Å². The van der Waals surface area contributed by atoms with Crippen molar-refractivity contribution in [3.05, 3.63) is 59.4 Å². The molecule has 1 aromatic heterocycles. The van der Waals surface area contributed by atoms with Gasteiger partial charge < -0.3 is 15.4 Å². The van der Waals surface area contributed by atoms with Crippen molar-refractivity contribution in [2.75, 3.05) is 11.9 Å². The summed E-state index contributed by atoms with van der Waals surface area (Å²) in [7, 11) is 0. The molecule has 136 valence electrons. The zero-order valence-corrected chi connectivity index (χ0v) is 13.6. The molecular weight excluding hydrogens is 347 g/mol. The van der Waals surface area contributed by atoms with Gasteiger partial charge in [-0.05, 0) is 36.2 Å². The van der Waals surface area contributed by atoms with Crippen LogP contribution >= 0.6 is 0 Å². The van der Waals surface area contributed by atoms with Gasteiger partial charge in [0.1, 0.15) is 5.69 Å². The maximum Gasteiger partial charge on any atom is 0.417 e. The van der Waals surface area contributed by atoms with Gasteiger partial charge in [-0.2, -0.15) is 13.2 Å². The maximum absolute atomic E-state index is 12.5. The number of anilines is 1. The van der Waals surface area contributed by atoms with Gasteiger partial charge in [-0.1, -0.05) is 12.1 Å². The number of amides is 1. The molecule has 1 unspecified atom stereocenters. The van der Waals surface area contributed by atoms with E-state index < -0.39 is 17.6 Å². The summed E-state index contributed by atoms with van der Waals surface area (Å²) < 4.78 is 43.5. The number of fused-ring (bicyclic) bond motifs is 2. The van der Waals surface area contributed by atoms with Crippen molar-refractivity contribution in [3.63, 3.8) is 0 Å². The SMILES string of the molecule is O=C(Nc1ccc([C@H]2OC3CN[C@H]2C3)cc1)c1ccc(C(F)(F)F)cn1. The molecule has 2 aliphatic rings. The number of alkyl halides is 3. The first-order valence-corrected chi connectivity index (χ1v) is 8.23. The molecule has 4 rings (SSSR count). The fourth-order valence-corrected chi connectivity index (χ4v) is 3.33. The zero-order chi connectivity index (χ0) is 18.3. The zero-order valence-electron chi connectivity index (χ0n) is 13.6. The quantitative estimate of drug-likeness (QED) is 0.879. The van der Waals surface area contributed by atoms with E-state index in [2.05, 4.69) is 15.6 Å². The Hall–Kier alpha value is -2.45. The number of pyridine rings is 1. The standard InChI is InChI=1S/C18H16F3N3O2/c19-18(20,21)11-3-6-14(22-8-11)17(25)24-12-4-1-10(2-5-12)16-15-7-13(26-16)9-23-15/h1-6,8,13,15-16,23H,7,9H2,(H,24,25)/t13?,15-,16+/m0/s1. The highest BCUT2D eigenvalue weighted by molar-refractivity contribution is 6.02.